The summed E-state index contributed by atoms with van der Waals surface area (Å²) in [7, 11) is 2.86. The number of hydrogen-bond acceptors (Lipinski definition) is 8. The van der Waals surface area contributed by atoms with Crippen LogP contribution in [0.25, 0.3) is 11.1 Å². The highest BCUT2D eigenvalue weighted by atomic mass is 32.1. The Morgan fingerprint density at radius 1 is 1.09 bits per heavy atom. The molecule has 32 heavy (non-hydrogen) atoms. The van der Waals surface area contributed by atoms with Crippen LogP contribution in [0.5, 0.6) is 11.5 Å². The van der Waals surface area contributed by atoms with E-state index in [9.17, 15) is 19.7 Å². The van der Waals surface area contributed by atoms with Gasteiger partial charge in [0, 0.05) is 22.6 Å². The lowest BCUT2D eigenvalue weighted by molar-refractivity contribution is -0.385. The molecule has 166 valence electrons. The Balaban J connectivity index is 1.98. The van der Waals surface area contributed by atoms with Crippen molar-refractivity contribution in [3.63, 3.8) is 0 Å². The summed E-state index contributed by atoms with van der Waals surface area (Å²) in [5.41, 5.74) is 1.25. The third-order valence-electron chi connectivity index (χ3n) is 4.54. The van der Waals surface area contributed by atoms with Gasteiger partial charge in [0.2, 0.25) is 0 Å². The number of amides is 1. The maximum atomic E-state index is 12.8. The molecule has 2 aromatic carbocycles. The molecule has 1 aromatic heterocycles. The number of hydrogen-bond donors (Lipinski definition) is 1. The van der Waals surface area contributed by atoms with Gasteiger partial charge in [-0.1, -0.05) is 12.1 Å². The lowest BCUT2D eigenvalue weighted by Gasteiger charge is -2.10. The van der Waals surface area contributed by atoms with E-state index in [1.54, 1.807) is 43.7 Å². The predicted octanol–water partition coefficient (Wildman–Crippen LogP) is 4.77. The standard InChI is InChI=1S/C22H20N2O7S/c1-4-31-22(26)19-16(13-5-8-15(29-2)9-6-13)12-32-21(19)23-20(25)14-7-10-18(30-3)17(11-14)24(27)28/h5-12H,4H2,1-3H3,(H,23,25). The van der Waals surface area contributed by atoms with Crippen molar-refractivity contribution in [1.29, 1.82) is 0 Å². The number of rotatable bonds is 8. The fourth-order valence-electron chi connectivity index (χ4n) is 2.99. The van der Waals surface area contributed by atoms with Crippen LogP contribution in [0.1, 0.15) is 27.6 Å². The topological polar surface area (TPSA) is 117 Å². The molecule has 1 heterocycles. The number of esters is 1. The van der Waals surface area contributed by atoms with Gasteiger partial charge in [-0.2, -0.15) is 0 Å². The summed E-state index contributed by atoms with van der Waals surface area (Å²) in [5.74, 6) is -0.493. The van der Waals surface area contributed by atoms with Gasteiger partial charge in [0.15, 0.2) is 5.75 Å². The molecule has 0 bridgehead atoms. The molecule has 3 aromatic rings. The molecule has 0 saturated carbocycles. The first-order chi connectivity index (χ1) is 15.4. The largest absolute Gasteiger partial charge is 0.497 e. The molecule has 0 unspecified atom stereocenters. The Kier molecular flexibility index (Phi) is 7.06. The molecule has 3 rings (SSSR count). The average molecular weight is 456 g/mol. The van der Waals surface area contributed by atoms with E-state index in [0.717, 1.165) is 23.0 Å². The van der Waals surface area contributed by atoms with Crippen molar-refractivity contribution in [2.24, 2.45) is 0 Å². The third kappa shape index (κ3) is 4.70. The van der Waals surface area contributed by atoms with Gasteiger partial charge < -0.3 is 19.5 Å². The van der Waals surface area contributed by atoms with Crippen LogP contribution in [0.2, 0.25) is 0 Å². The Bertz CT molecular complexity index is 1160. The number of thiophene rings is 1. The van der Waals surface area contributed by atoms with Crippen molar-refractivity contribution in [2.75, 3.05) is 26.1 Å². The van der Waals surface area contributed by atoms with Gasteiger partial charge in [-0.25, -0.2) is 4.79 Å². The van der Waals surface area contributed by atoms with E-state index in [4.69, 9.17) is 14.2 Å². The first-order valence-electron chi connectivity index (χ1n) is 9.46. The van der Waals surface area contributed by atoms with Crippen LogP contribution < -0.4 is 14.8 Å². The summed E-state index contributed by atoms with van der Waals surface area (Å²) in [6.45, 7) is 1.85. The van der Waals surface area contributed by atoms with Crippen LogP contribution in [0, 0.1) is 10.1 Å². The van der Waals surface area contributed by atoms with E-state index < -0.39 is 16.8 Å². The number of ether oxygens (including phenoxy) is 3. The number of nitrogens with one attached hydrogen (secondary N) is 1. The summed E-state index contributed by atoms with van der Waals surface area (Å²) in [4.78, 5) is 36.1. The molecule has 0 aliphatic carbocycles. The average Bonchev–Trinajstić information content (AvgIpc) is 3.22. The van der Waals surface area contributed by atoms with Crippen LogP contribution in [-0.4, -0.2) is 37.6 Å². The number of methoxy groups -OCH3 is 2. The minimum atomic E-state index is -0.632. The number of benzene rings is 2. The molecule has 9 nitrogen and oxygen atoms in total. The number of nitro groups is 1. The third-order valence-corrected chi connectivity index (χ3v) is 5.43. The smallest absolute Gasteiger partial charge is 0.341 e. The van der Waals surface area contributed by atoms with Gasteiger partial charge in [-0.15, -0.1) is 11.3 Å². The lowest BCUT2D eigenvalue weighted by Crippen LogP contribution is -2.15. The van der Waals surface area contributed by atoms with Gasteiger partial charge in [-0.05, 0) is 36.8 Å². The molecule has 0 fully saturated rings. The van der Waals surface area contributed by atoms with Crippen molar-refractivity contribution in [3.05, 3.63) is 69.1 Å². The number of carbonyl (C=O) groups excluding carboxylic acids is 2. The summed E-state index contributed by atoms with van der Waals surface area (Å²) in [5, 5.41) is 15.9. The second kappa shape index (κ2) is 9.92. The molecular weight excluding hydrogens is 436 g/mol. The fraction of sp³-hybridized carbons (Fsp3) is 0.182. The van der Waals surface area contributed by atoms with Crippen molar-refractivity contribution >= 4 is 33.9 Å². The molecule has 0 atom stereocenters. The molecule has 0 aliphatic heterocycles. The van der Waals surface area contributed by atoms with Gasteiger partial charge in [-0.3, -0.25) is 14.9 Å². The Morgan fingerprint density at radius 2 is 1.81 bits per heavy atom. The van der Waals surface area contributed by atoms with Gasteiger partial charge >= 0.3 is 11.7 Å². The molecular formula is C22H20N2O7S. The highest BCUT2D eigenvalue weighted by Crippen LogP contribution is 2.37. The maximum Gasteiger partial charge on any atom is 0.341 e. The Labute approximate surface area is 187 Å². The highest BCUT2D eigenvalue weighted by molar-refractivity contribution is 7.15. The number of nitro benzene ring substituents is 1. The second-order valence-electron chi connectivity index (χ2n) is 6.40. The Hall–Kier alpha value is -3.92. The Morgan fingerprint density at radius 3 is 2.41 bits per heavy atom. The number of carbonyl (C=O) groups is 2. The van der Waals surface area contributed by atoms with Crippen molar-refractivity contribution in [3.8, 4) is 22.6 Å². The van der Waals surface area contributed by atoms with E-state index in [0.29, 0.717) is 11.3 Å². The number of nitrogens with zero attached hydrogens (tertiary/aromatic N) is 1. The highest BCUT2D eigenvalue weighted by Gasteiger charge is 2.24. The molecule has 0 aliphatic rings. The summed E-state index contributed by atoms with van der Waals surface area (Å²) >= 11 is 1.15. The quantitative estimate of drug-likeness (QED) is 0.295. The first kappa shape index (κ1) is 22.8. The van der Waals surface area contributed by atoms with Gasteiger partial charge in [0.05, 0.1) is 25.7 Å². The van der Waals surface area contributed by atoms with E-state index in [1.165, 1.54) is 19.2 Å². The lowest BCUT2D eigenvalue weighted by atomic mass is 10.0. The molecule has 0 spiro atoms. The van der Waals surface area contributed by atoms with Crippen molar-refractivity contribution in [2.45, 2.75) is 6.92 Å². The molecule has 10 heteroatoms. The zero-order valence-electron chi connectivity index (χ0n) is 17.5. The zero-order chi connectivity index (χ0) is 23.3. The van der Waals surface area contributed by atoms with E-state index in [2.05, 4.69) is 5.32 Å². The van der Waals surface area contributed by atoms with Gasteiger partial charge in [0.25, 0.3) is 5.91 Å². The minimum Gasteiger partial charge on any atom is -0.497 e. The molecule has 1 amide bonds. The monoisotopic (exact) mass is 456 g/mol. The summed E-state index contributed by atoms with van der Waals surface area (Å²) in [6.07, 6.45) is 0. The predicted molar refractivity (Wildman–Crippen MR) is 120 cm³/mol. The SMILES string of the molecule is CCOC(=O)c1c(-c2ccc(OC)cc2)csc1NC(=O)c1ccc(OC)c([N+](=O)[O-])c1. The van der Waals surface area contributed by atoms with Crippen molar-refractivity contribution < 1.29 is 28.7 Å². The van der Waals surface area contributed by atoms with Crippen LogP contribution in [0.15, 0.2) is 47.8 Å². The van der Waals surface area contributed by atoms with Crippen LogP contribution in [-0.2, 0) is 4.74 Å². The van der Waals surface area contributed by atoms with Crippen LogP contribution in [0.4, 0.5) is 10.7 Å². The van der Waals surface area contributed by atoms with E-state index in [1.807, 2.05) is 0 Å². The van der Waals surface area contributed by atoms with Crippen LogP contribution >= 0.6 is 11.3 Å². The summed E-state index contributed by atoms with van der Waals surface area (Å²) < 4.78 is 15.3. The fourth-order valence-corrected chi connectivity index (χ4v) is 3.94. The minimum absolute atomic E-state index is 0.0386. The van der Waals surface area contributed by atoms with Crippen LogP contribution in [0.3, 0.4) is 0 Å². The maximum absolute atomic E-state index is 12.8. The van der Waals surface area contributed by atoms with Crippen molar-refractivity contribution in [1.82, 2.24) is 0 Å². The number of anilines is 1. The normalized spacial score (nSPS) is 10.3. The van der Waals surface area contributed by atoms with Gasteiger partial charge in [0.1, 0.15) is 16.3 Å². The zero-order valence-corrected chi connectivity index (χ0v) is 18.4. The molecule has 0 saturated heterocycles. The second-order valence-corrected chi connectivity index (χ2v) is 7.28. The molecule has 1 N–H and O–H groups in total. The summed E-state index contributed by atoms with van der Waals surface area (Å²) in [6, 6.07) is 11.0. The van der Waals surface area contributed by atoms with E-state index >= 15 is 0 Å². The first-order valence-corrected chi connectivity index (χ1v) is 10.3. The molecule has 0 radical (unpaired) electrons. The van der Waals surface area contributed by atoms with E-state index in [-0.39, 0.29) is 34.2 Å².